The van der Waals surface area contributed by atoms with E-state index in [1.165, 1.54) is 43.6 Å². The van der Waals surface area contributed by atoms with Crippen molar-refractivity contribution in [2.75, 3.05) is 12.3 Å². The number of benzene rings is 1. The van der Waals surface area contributed by atoms with E-state index in [0.29, 0.717) is 11.8 Å². The van der Waals surface area contributed by atoms with Gasteiger partial charge in [-0.25, -0.2) is 4.39 Å². The Hall–Kier alpha value is -0.540. The quantitative estimate of drug-likeness (QED) is 0.865. The molecule has 0 saturated heterocycles. The van der Waals surface area contributed by atoms with E-state index in [0.717, 1.165) is 11.5 Å². The highest BCUT2D eigenvalue weighted by Gasteiger charge is 2.18. The van der Waals surface area contributed by atoms with Gasteiger partial charge in [0.1, 0.15) is 5.82 Å². The van der Waals surface area contributed by atoms with Crippen molar-refractivity contribution in [2.24, 2.45) is 11.7 Å². The summed E-state index contributed by atoms with van der Waals surface area (Å²) in [6, 6.07) is 6.76. The van der Waals surface area contributed by atoms with Gasteiger partial charge in [0.15, 0.2) is 0 Å². The second kappa shape index (κ2) is 6.41. The normalized spacial score (nSPS) is 18.5. The van der Waals surface area contributed by atoms with Gasteiger partial charge in [0.05, 0.1) is 0 Å². The Morgan fingerprint density at radius 3 is 2.47 bits per heavy atom. The molecule has 1 unspecified atom stereocenters. The van der Waals surface area contributed by atoms with Crippen LogP contribution in [0.2, 0.25) is 0 Å². The fourth-order valence-corrected chi connectivity index (χ4v) is 3.73. The molecule has 1 fully saturated rings. The minimum atomic E-state index is -0.176. The fourth-order valence-electron chi connectivity index (χ4n) is 2.41. The third-order valence-corrected chi connectivity index (χ3v) is 4.99. The summed E-state index contributed by atoms with van der Waals surface area (Å²) in [5.41, 5.74) is 6.96. The van der Waals surface area contributed by atoms with Gasteiger partial charge in [-0.15, -0.1) is 0 Å². The first kappa shape index (κ1) is 12.9. The zero-order valence-corrected chi connectivity index (χ0v) is 10.9. The summed E-state index contributed by atoms with van der Waals surface area (Å²) < 4.78 is 12.8. The Balaban J connectivity index is 1.89. The van der Waals surface area contributed by atoms with E-state index >= 15 is 0 Å². The molecule has 1 saturated carbocycles. The van der Waals surface area contributed by atoms with Crippen LogP contribution < -0.4 is 5.73 Å². The molecule has 3 heteroatoms. The molecule has 0 heterocycles. The van der Waals surface area contributed by atoms with Crippen LogP contribution in [0.3, 0.4) is 0 Å². The Kier molecular flexibility index (Phi) is 4.86. The zero-order chi connectivity index (χ0) is 12.1. The van der Waals surface area contributed by atoms with Gasteiger partial charge in [-0.1, -0.05) is 25.0 Å². The molecule has 94 valence electrons. The number of halogens is 1. The molecule has 1 aliphatic carbocycles. The fraction of sp³-hybridized carbons (Fsp3) is 0.571. The average Bonchev–Trinajstić information content (AvgIpc) is 2.85. The van der Waals surface area contributed by atoms with Crippen LogP contribution in [0.4, 0.5) is 4.39 Å². The summed E-state index contributed by atoms with van der Waals surface area (Å²) in [7, 11) is 0. The summed E-state index contributed by atoms with van der Waals surface area (Å²) in [4.78, 5) is 0. The third-order valence-electron chi connectivity index (χ3n) is 3.46. The van der Waals surface area contributed by atoms with Gasteiger partial charge in [-0.2, -0.15) is 11.8 Å². The van der Waals surface area contributed by atoms with Crippen molar-refractivity contribution in [2.45, 2.75) is 30.9 Å². The highest BCUT2D eigenvalue weighted by atomic mass is 32.2. The first-order chi connectivity index (χ1) is 8.29. The van der Waals surface area contributed by atoms with Crippen LogP contribution >= 0.6 is 11.8 Å². The van der Waals surface area contributed by atoms with E-state index in [2.05, 4.69) is 0 Å². The predicted molar refractivity (Wildman–Crippen MR) is 72.6 cm³/mol. The van der Waals surface area contributed by atoms with Crippen molar-refractivity contribution in [3.8, 4) is 0 Å². The number of hydrogen-bond acceptors (Lipinski definition) is 2. The molecular formula is C14H20FNS. The van der Waals surface area contributed by atoms with Crippen LogP contribution in [0.1, 0.15) is 36.5 Å². The third kappa shape index (κ3) is 3.71. The maximum Gasteiger partial charge on any atom is 0.123 e. The Morgan fingerprint density at radius 1 is 1.24 bits per heavy atom. The van der Waals surface area contributed by atoms with Crippen molar-refractivity contribution in [1.82, 2.24) is 0 Å². The first-order valence-electron chi connectivity index (χ1n) is 6.36. The van der Waals surface area contributed by atoms with Crippen molar-refractivity contribution in [3.63, 3.8) is 0 Å². The van der Waals surface area contributed by atoms with E-state index in [4.69, 9.17) is 5.73 Å². The molecule has 0 bridgehead atoms. The smallest absolute Gasteiger partial charge is 0.123 e. The summed E-state index contributed by atoms with van der Waals surface area (Å²) in [5, 5.41) is 0.316. The molecule has 0 aliphatic heterocycles. The van der Waals surface area contributed by atoms with Crippen molar-refractivity contribution in [3.05, 3.63) is 35.6 Å². The number of nitrogens with two attached hydrogens (primary N) is 1. The molecule has 0 amide bonds. The van der Waals surface area contributed by atoms with Crippen molar-refractivity contribution < 1.29 is 4.39 Å². The molecule has 2 N–H and O–H groups in total. The van der Waals surface area contributed by atoms with Gasteiger partial charge in [0.25, 0.3) is 0 Å². The standard InChI is InChI=1S/C14H20FNS/c15-13-7-5-12(6-8-13)14(9-16)17-10-11-3-1-2-4-11/h5-8,11,14H,1-4,9-10,16H2. The first-order valence-corrected chi connectivity index (χ1v) is 7.41. The van der Waals surface area contributed by atoms with Gasteiger partial charge in [-0.3, -0.25) is 0 Å². The van der Waals surface area contributed by atoms with E-state index in [-0.39, 0.29) is 5.82 Å². The van der Waals surface area contributed by atoms with Crippen LogP contribution in [0.25, 0.3) is 0 Å². The van der Waals surface area contributed by atoms with Crippen LogP contribution in [0.5, 0.6) is 0 Å². The van der Waals surface area contributed by atoms with Gasteiger partial charge in [0, 0.05) is 11.8 Å². The highest BCUT2D eigenvalue weighted by Crippen LogP contribution is 2.34. The monoisotopic (exact) mass is 253 g/mol. The van der Waals surface area contributed by atoms with Crippen molar-refractivity contribution >= 4 is 11.8 Å². The predicted octanol–water partition coefficient (Wildman–Crippen LogP) is 3.75. The number of thioether (sulfide) groups is 1. The molecule has 1 nitrogen and oxygen atoms in total. The van der Waals surface area contributed by atoms with E-state index in [9.17, 15) is 4.39 Å². The summed E-state index contributed by atoms with van der Waals surface area (Å²) in [6.45, 7) is 0.628. The van der Waals surface area contributed by atoms with E-state index in [1.807, 2.05) is 23.9 Å². The number of hydrogen-bond donors (Lipinski definition) is 1. The Labute approximate surface area is 107 Å². The van der Waals surface area contributed by atoms with Crippen molar-refractivity contribution in [1.29, 1.82) is 0 Å². The molecule has 2 rings (SSSR count). The average molecular weight is 253 g/mol. The van der Waals surface area contributed by atoms with Crippen LogP contribution in [-0.4, -0.2) is 12.3 Å². The second-order valence-corrected chi connectivity index (χ2v) is 6.00. The molecule has 0 spiro atoms. The highest BCUT2D eigenvalue weighted by molar-refractivity contribution is 7.99. The summed E-state index contributed by atoms with van der Waals surface area (Å²) in [5.74, 6) is 1.89. The number of rotatable bonds is 5. The topological polar surface area (TPSA) is 26.0 Å². The second-order valence-electron chi connectivity index (χ2n) is 4.76. The largest absolute Gasteiger partial charge is 0.329 e. The lowest BCUT2D eigenvalue weighted by Crippen LogP contribution is -2.11. The van der Waals surface area contributed by atoms with Gasteiger partial charge < -0.3 is 5.73 Å². The summed E-state index contributed by atoms with van der Waals surface area (Å²) in [6.07, 6.45) is 5.51. The SMILES string of the molecule is NCC(SCC1CCCC1)c1ccc(F)cc1. The molecule has 1 atom stereocenters. The van der Waals surface area contributed by atoms with Gasteiger partial charge in [-0.05, 0) is 42.2 Å². The minimum absolute atomic E-state index is 0.176. The van der Waals surface area contributed by atoms with E-state index < -0.39 is 0 Å². The summed E-state index contributed by atoms with van der Waals surface area (Å²) >= 11 is 1.93. The molecule has 1 aliphatic rings. The molecule has 1 aromatic rings. The Bertz CT molecular complexity index is 333. The molecule has 0 aromatic heterocycles. The zero-order valence-electron chi connectivity index (χ0n) is 10.1. The van der Waals surface area contributed by atoms with E-state index in [1.54, 1.807) is 0 Å². The van der Waals surface area contributed by atoms with Crippen LogP contribution in [-0.2, 0) is 0 Å². The van der Waals surface area contributed by atoms with Gasteiger partial charge in [0.2, 0.25) is 0 Å². The van der Waals surface area contributed by atoms with Crippen LogP contribution in [0, 0.1) is 11.7 Å². The maximum atomic E-state index is 12.8. The van der Waals surface area contributed by atoms with Crippen LogP contribution in [0.15, 0.2) is 24.3 Å². The van der Waals surface area contributed by atoms with Gasteiger partial charge >= 0.3 is 0 Å². The molecule has 1 aromatic carbocycles. The lowest BCUT2D eigenvalue weighted by atomic mass is 10.1. The minimum Gasteiger partial charge on any atom is -0.329 e. The maximum absolute atomic E-state index is 12.8. The molecular weight excluding hydrogens is 233 g/mol. The molecule has 0 radical (unpaired) electrons. The lowest BCUT2D eigenvalue weighted by Gasteiger charge is -2.17. The Morgan fingerprint density at radius 2 is 1.88 bits per heavy atom. The molecule has 17 heavy (non-hydrogen) atoms. The lowest BCUT2D eigenvalue weighted by molar-refractivity contribution is 0.621.